The van der Waals surface area contributed by atoms with E-state index in [-0.39, 0.29) is 0 Å². The molecular formula is C14H22O9. The Kier molecular flexibility index (Phi) is 7.17. The van der Waals surface area contributed by atoms with Gasteiger partial charge in [-0.25, -0.2) is 9.59 Å². The number of aliphatic hydroxyl groups is 1. The van der Waals surface area contributed by atoms with Gasteiger partial charge in [-0.2, -0.15) is 0 Å². The molecule has 3 atom stereocenters. The molecule has 0 saturated carbocycles. The van der Waals surface area contributed by atoms with E-state index in [1.807, 2.05) is 0 Å². The van der Waals surface area contributed by atoms with E-state index in [0.717, 1.165) is 0 Å². The van der Waals surface area contributed by atoms with Crippen molar-refractivity contribution >= 4 is 23.9 Å². The number of ether oxygens (including phenoxy) is 1. The molecule has 0 aliphatic heterocycles. The minimum atomic E-state index is -2.40. The summed E-state index contributed by atoms with van der Waals surface area (Å²) in [5.74, 6) is -9.20. The quantitative estimate of drug-likeness (QED) is 0.432. The summed E-state index contributed by atoms with van der Waals surface area (Å²) >= 11 is 0. The van der Waals surface area contributed by atoms with Crippen LogP contribution in [0.15, 0.2) is 0 Å². The van der Waals surface area contributed by atoms with E-state index in [0.29, 0.717) is 0 Å². The van der Waals surface area contributed by atoms with Gasteiger partial charge in [-0.3, -0.25) is 9.59 Å². The van der Waals surface area contributed by atoms with Crippen molar-refractivity contribution in [2.24, 2.45) is 17.8 Å². The highest BCUT2D eigenvalue weighted by molar-refractivity contribution is 5.89. The molecule has 0 bridgehead atoms. The van der Waals surface area contributed by atoms with Gasteiger partial charge in [0.25, 0.3) is 0 Å². The van der Waals surface area contributed by atoms with E-state index in [2.05, 4.69) is 0 Å². The lowest BCUT2D eigenvalue weighted by molar-refractivity contribution is -0.197. The lowest BCUT2D eigenvalue weighted by Crippen LogP contribution is -2.52. The van der Waals surface area contributed by atoms with Crippen LogP contribution in [0.1, 0.15) is 34.1 Å². The van der Waals surface area contributed by atoms with Crippen LogP contribution in [0.25, 0.3) is 0 Å². The third-order valence-corrected chi connectivity index (χ3v) is 3.58. The fraction of sp³-hybridized carbons (Fsp3) is 0.714. The Morgan fingerprint density at radius 2 is 1.48 bits per heavy atom. The lowest BCUT2D eigenvalue weighted by atomic mass is 9.86. The van der Waals surface area contributed by atoms with Crippen LogP contribution in [0.4, 0.5) is 0 Å². The Morgan fingerprint density at radius 1 is 1.00 bits per heavy atom. The molecule has 9 heteroatoms. The first kappa shape index (κ1) is 20.8. The molecule has 9 nitrogen and oxygen atoms in total. The van der Waals surface area contributed by atoms with Crippen LogP contribution in [-0.2, 0) is 23.9 Å². The van der Waals surface area contributed by atoms with Crippen LogP contribution in [0.5, 0.6) is 0 Å². The number of carboxylic acids is 3. The fourth-order valence-corrected chi connectivity index (χ4v) is 2.12. The molecule has 3 unspecified atom stereocenters. The van der Waals surface area contributed by atoms with Crippen molar-refractivity contribution in [2.75, 3.05) is 0 Å². The van der Waals surface area contributed by atoms with Gasteiger partial charge in [-0.05, 0) is 5.92 Å². The number of aliphatic hydroxyl groups excluding tert-OH is 1. The van der Waals surface area contributed by atoms with Crippen LogP contribution < -0.4 is 0 Å². The van der Waals surface area contributed by atoms with Crippen molar-refractivity contribution in [1.82, 2.24) is 0 Å². The number of aliphatic carboxylic acids is 3. The fourth-order valence-electron chi connectivity index (χ4n) is 2.12. The summed E-state index contributed by atoms with van der Waals surface area (Å²) in [7, 11) is 0. The number of carbonyl (C=O) groups excluding carboxylic acids is 1. The molecule has 0 aromatic rings. The van der Waals surface area contributed by atoms with E-state index in [4.69, 9.17) is 14.9 Å². The molecule has 4 N–H and O–H groups in total. The first-order valence-corrected chi connectivity index (χ1v) is 6.95. The second-order valence-electron chi connectivity index (χ2n) is 5.89. The number of hydrogen-bond acceptors (Lipinski definition) is 6. The van der Waals surface area contributed by atoms with Gasteiger partial charge in [0.1, 0.15) is 0 Å². The van der Waals surface area contributed by atoms with Gasteiger partial charge in [0, 0.05) is 5.92 Å². The minimum absolute atomic E-state index is 0.632. The van der Waals surface area contributed by atoms with E-state index >= 15 is 0 Å². The molecule has 0 fully saturated rings. The second kappa shape index (κ2) is 7.91. The number of rotatable bonds is 9. The highest BCUT2D eigenvalue weighted by Gasteiger charge is 2.50. The van der Waals surface area contributed by atoms with Gasteiger partial charge >= 0.3 is 23.9 Å². The maximum Gasteiger partial charge on any atom is 0.349 e. The summed E-state index contributed by atoms with van der Waals surface area (Å²) in [5.41, 5.74) is -2.40. The van der Waals surface area contributed by atoms with Gasteiger partial charge in [0.05, 0.1) is 12.3 Å². The summed E-state index contributed by atoms with van der Waals surface area (Å²) in [6.07, 6.45) is -3.13. The van der Waals surface area contributed by atoms with Crippen molar-refractivity contribution < 1.29 is 44.3 Å². The molecule has 0 spiro atoms. The molecule has 23 heavy (non-hydrogen) atoms. The van der Waals surface area contributed by atoms with Gasteiger partial charge in [0.2, 0.25) is 5.60 Å². The van der Waals surface area contributed by atoms with Gasteiger partial charge < -0.3 is 25.2 Å². The van der Waals surface area contributed by atoms with E-state index in [1.165, 1.54) is 27.7 Å². The predicted molar refractivity (Wildman–Crippen MR) is 75.5 cm³/mol. The monoisotopic (exact) mass is 334 g/mol. The first-order valence-electron chi connectivity index (χ1n) is 6.95. The molecule has 0 aromatic carbocycles. The average Bonchev–Trinajstić information content (AvgIpc) is 2.35. The summed E-state index contributed by atoms with van der Waals surface area (Å²) in [4.78, 5) is 45.5. The minimum Gasteiger partial charge on any atom is -0.481 e. The van der Waals surface area contributed by atoms with Crippen molar-refractivity contribution in [1.29, 1.82) is 0 Å². The molecule has 0 aliphatic rings. The molecular weight excluding hydrogens is 312 g/mol. The molecule has 0 amide bonds. The third-order valence-electron chi connectivity index (χ3n) is 3.58. The van der Waals surface area contributed by atoms with Crippen LogP contribution in [0.2, 0.25) is 0 Å². The standard InChI is InChI=1S/C14H22O9/c1-6(2)9(11(18)19)10(17)12(20)23-14(7(3)4,13(21)22)5-8(15)16/h6-7,9-10,17H,5H2,1-4H3,(H,15,16)(H,18,19)(H,21,22). The van der Waals surface area contributed by atoms with Gasteiger partial charge in [-0.15, -0.1) is 0 Å². The third kappa shape index (κ3) is 4.92. The molecule has 0 radical (unpaired) electrons. The van der Waals surface area contributed by atoms with Crippen molar-refractivity contribution in [3.8, 4) is 0 Å². The lowest BCUT2D eigenvalue weighted by Gasteiger charge is -2.33. The van der Waals surface area contributed by atoms with Crippen LogP contribution >= 0.6 is 0 Å². The Hall–Kier alpha value is -2.16. The average molecular weight is 334 g/mol. The van der Waals surface area contributed by atoms with Crippen molar-refractivity contribution in [3.63, 3.8) is 0 Å². The molecule has 0 heterocycles. The predicted octanol–water partition coefficient (Wildman–Crippen LogP) is 0.201. The van der Waals surface area contributed by atoms with E-state index in [1.54, 1.807) is 0 Å². The number of hydrogen-bond donors (Lipinski definition) is 4. The molecule has 0 rings (SSSR count). The Balaban J connectivity index is 5.58. The normalized spacial score (nSPS) is 16.5. The molecule has 132 valence electrons. The van der Waals surface area contributed by atoms with Crippen LogP contribution in [0.3, 0.4) is 0 Å². The van der Waals surface area contributed by atoms with Gasteiger partial charge in [-0.1, -0.05) is 27.7 Å². The maximum atomic E-state index is 12.0. The topological polar surface area (TPSA) is 158 Å². The largest absolute Gasteiger partial charge is 0.481 e. The number of carbonyl (C=O) groups is 4. The molecule has 0 saturated heterocycles. The van der Waals surface area contributed by atoms with Crippen LogP contribution in [-0.4, -0.2) is 56.0 Å². The maximum absolute atomic E-state index is 12.0. The van der Waals surface area contributed by atoms with E-state index in [9.17, 15) is 29.4 Å². The summed E-state index contributed by atoms with van der Waals surface area (Å²) in [6, 6.07) is 0. The summed E-state index contributed by atoms with van der Waals surface area (Å²) < 4.78 is 4.78. The molecule has 0 aliphatic carbocycles. The Bertz CT molecular complexity index is 483. The zero-order valence-electron chi connectivity index (χ0n) is 13.3. The highest BCUT2D eigenvalue weighted by Crippen LogP contribution is 2.29. The molecule has 0 aromatic heterocycles. The smallest absolute Gasteiger partial charge is 0.349 e. The van der Waals surface area contributed by atoms with Crippen molar-refractivity contribution in [2.45, 2.75) is 45.8 Å². The summed E-state index contributed by atoms with van der Waals surface area (Å²) in [5, 5.41) is 37.1. The van der Waals surface area contributed by atoms with Gasteiger partial charge in [0.15, 0.2) is 6.10 Å². The first-order chi connectivity index (χ1) is 10.4. The SMILES string of the molecule is CC(C)C(C(=O)O)C(O)C(=O)OC(CC(=O)O)(C(=O)O)C(C)C. The number of carboxylic acid groups (broad SMARTS) is 3. The Labute approximate surface area is 132 Å². The summed E-state index contributed by atoms with van der Waals surface area (Å²) in [6.45, 7) is 5.60. The highest BCUT2D eigenvalue weighted by atomic mass is 16.6. The van der Waals surface area contributed by atoms with Crippen LogP contribution in [0, 0.1) is 17.8 Å². The zero-order chi connectivity index (χ0) is 18.5. The second-order valence-corrected chi connectivity index (χ2v) is 5.89. The Morgan fingerprint density at radius 3 is 1.74 bits per heavy atom. The van der Waals surface area contributed by atoms with Crippen molar-refractivity contribution in [3.05, 3.63) is 0 Å². The number of esters is 1. The zero-order valence-corrected chi connectivity index (χ0v) is 13.3. The van der Waals surface area contributed by atoms with E-state index < -0.39 is 59.8 Å².